The number of carbonyl (C=O) groups is 1. The molecule has 1 N–H and O–H groups in total. The molecule has 3 atom stereocenters. The van der Waals surface area contributed by atoms with Gasteiger partial charge in [0.05, 0.1) is 23.8 Å². The summed E-state index contributed by atoms with van der Waals surface area (Å²) < 4.78 is 33.2. The second kappa shape index (κ2) is 6.82. The predicted molar refractivity (Wildman–Crippen MR) is 90.8 cm³/mol. The average Bonchev–Trinajstić information content (AvgIpc) is 3.03. The van der Waals surface area contributed by atoms with Crippen LogP contribution < -0.4 is 5.32 Å². The number of nitrogens with one attached hydrogen (secondary N) is 1. The van der Waals surface area contributed by atoms with Crippen molar-refractivity contribution in [3.8, 4) is 0 Å². The van der Waals surface area contributed by atoms with E-state index in [0.717, 1.165) is 11.1 Å². The van der Waals surface area contributed by atoms with Gasteiger partial charge in [-0.05, 0) is 25.3 Å². The van der Waals surface area contributed by atoms with Crippen LogP contribution in [-0.4, -0.2) is 51.0 Å². The number of amides is 1. The van der Waals surface area contributed by atoms with Gasteiger partial charge in [-0.25, -0.2) is 8.42 Å². The lowest BCUT2D eigenvalue weighted by Crippen LogP contribution is -2.54. The van der Waals surface area contributed by atoms with E-state index < -0.39 is 10.0 Å². The summed E-state index contributed by atoms with van der Waals surface area (Å²) in [4.78, 5) is 12.0. The van der Waals surface area contributed by atoms with Crippen LogP contribution in [0.5, 0.6) is 0 Å². The van der Waals surface area contributed by atoms with E-state index in [-0.39, 0.29) is 36.3 Å². The van der Waals surface area contributed by atoms with Gasteiger partial charge >= 0.3 is 0 Å². The van der Waals surface area contributed by atoms with Crippen LogP contribution in [0.1, 0.15) is 24.0 Å². The summed E-state index contributed by atoms with van der Waals surface area (Å²) in [7, 11) is -1.93. The first-order valence-electron chi connectivity index (χ1n) is 8.29. The van der Waals surface area contributed by atoms with Crippen LogP contribution in [0, 0.1) is 12.8 Å². The molecule has 3 rings (SSSR count). The van der Waals surface area contributed by atoms with Crippen LogP contribution in [0.15, 0.2) is 24.3 Å². The highest BCUT2D eigenvalue weighted by Gasteiger charge is 2.46. The van der Waals surface area contributed by atoms with Crippen molar-refractivity contribution in [3.63, 3.8) is 0 Å². The van der Waals surface area contributed by atoms with Crippen molar-refractivity contribution in [2.24, 2.45) is 5.92 Å². The lowest BCUT2D eigenvalue weighted by Gasteiger charge is -2.39. The normalized spacial score (nSPS) is 27.7. The van der Waals surface area contributed by atoms with E-state index >= 15 is 0 Å². The Kier molecular flexibility index (Phi) is 4.94. The molecule has 0 bridgehead atoms. The second-order valence-electron chi connectivity index (χ2n) is 6.62. The number of nitrogens with zero attached hydrogens (tertiary/aromatic N) is 1. The van der Waals surface area contributed by atoms with Gasteiger partial charge < -0.3 is 10.1 Å². The van der Waals surface area contributed by atoms with Crippen molar-refractivity contribution in [2.75, 3.05) is 20.2 Å². The molecule has 0 unspecified atom stereocenters. The SMILES string of the molecule is CNC(=O)[C@H]1C[C@H]2OCC[C@H]2N(S(=O)(=O)Cc2ccc(C)cc2)C1. The highest BCUT2D eigenvalue weighted by Crippen LogP contribution is 2.34. The molecule has 24 heavy (non-hydrogen) atoms. The van der Waals surface area contributed by atoms with E-state index in [1.165, 1.54) is 4.31 Å². The molecule has 2 fully saturated rings. The first-order chi connectivity index (χ1) is 11.4. The van der Waals surface area contributed by atoms with Gasteiger partial charge in [0.15, 0.2) is 0 Å². The van der Waals surface area contributed by atoms with Crippen molar-refractivity contribution in [1.82, 2.24) is 9.62 Å². The molecule has 1 aromatic rings. The molecule has 1 amide bonds. The van der Waals surface area contributed by atoms with Gasteiger partial charge in [0.2, 0.25) is 15.9 Å². The minimum atomic E-state index is -3.50. The number of piperidine rings is 1. The van der Waals surface area contributed by atoms with Crippen LogP contribution in [-0.2, 0) is 25.3 Å². The molecule has 0 spiro atoms. The fourth-order valence-electron chi connectivity index (χ4n) is 3.59. The molecule has 7 heteroatoms. The number of aryl methyl sites for hydroxylation is 1. The Labute approximate surface area is 143 Å². The van der Waals surface area contributed by atoms with E-state index in [2.05, 4.69) is 5.32 Å². The van der Waals surface area contributed by atoms with Crippen LogP contribution in [0.25, 0.3) is 0 Å². The summed E-state index contributed by atoms with van der Waals surface area (Å²) in [6.07, 6.45) is 1.09. The number of hydrogen-bond acceptors (Lipinski definition) is 4. The molecule has 2 aliphatic heterocycles. The molecule has 0 aromatic heterocycles. The zero-order valence-electron chi connectivity index (χ0n) is 14.1. The topological polar surface area (TPSA) is 75.7 Å². The van der Waals surface area contributed by atoms with Crippen molar-refractivity contribution in [3.05, 3.63) is 35.4 Å². The molecule has 2 saturated heterocycles. The van der Waals surface area contributed by atoms with E-state index in [4.69, 9.17) is 4.74 Å². The minimum absolute atomic E-state index is 0.0447. The molecule has 0 aliphatic carbocycles. The number of rotatable bonds is 4. The Morgan fingerprint density at radius 2 is 2.04 bits per heavy atom. The molecule has 6 nitrogen and oxygen atoms in total. The minimum Gasteiger partial charge on any atom is -0.376 e. The van der Waals surface area contributed by atoms with E-state index in [1.54, 1.807) is 7.05 Å². The average molecular weight is 352 g/mol. The van der Waals surface area contributed by atoms with Gasteiger partial charge in [-0.2, -0.15) is 4.31 Å². The van der Waals surface area contributed by atoms with Crippen LogP contribution >= 0.6 is 0 Å². The maximum atomic E-state index is 13.0. The standard InChI is InChI=1S/C17H24N2O4S/c1-12-3-5-13(6-4-12)11-24(21,22)19-10-14(17(20)18-2)9-16-15(19)7-8-23-16/h3-6,14-16H,7-11H2,1-2H3,(H,18,20)/t14-,15+,16+/m0/s1. The third kappa shape index (κ3) is 3.48. The quantitative estimate of drug-likeness (QED) is 0.879. The van der Waals surface area contributed by atoms with Crippen LogP contribution in [0.2, 0.25) is 0 Å². The summed E-state index contributed by atoms with van der Waals surface area (Å²) in [6.45, 7) is 2.75. The zero-order valence-corrected chi connectivity index (χ0v) is 14.9. The monoisotopic (exact) mass is 352 g/mol. The molecule has 132 valence electrons. The fourth-order valence-corrected chi connectivity index (χ4v) is 5.43. The Hall–Kier alpha value is -1.44. The lowest BCUT2D eigenvalue weighted by molar-refractivity contribution is -0.127. The van der Waals surface area contributed by atoms with Crippen molar-refractivity contribution >= 4 is 15.9 Å². The third-order valence-corrected chi connectivity index (χ3v) is 6.74. The number of fused-ring (bicyclic) bond motifs is 1. The van der Waals surface area contributed by atoms with Gasteiger partial charge in [-0.15, -0.1) is 0 Å². The third-order valence-electron chi connectivity index (χ3n) is 4.91. The molecule has 0 radical (unpaired) electrons. The molecule has 1 aromatic carbocycles. The van der Waals surface area contributed by atoms with Crippen LogP contribution in [0.3, 0.4) is 0 Å². The van der Waals surface area contributed by atoms with Gasteiger partial charge in [-0.3, -0.25) is 4.79 Å². The Morgan fingerprint density at radius 3 is 2.71 bits per heavy atom. The Balaban J connectivity index is 1.83. The molecule has 0 saturated carbocycles. The van der Waals surface area contributed by atoms with Crippen molar-refractivity contribution in [2.45, 2.75) is 37.7 Å². The van der Waals surface area contributed by atoms with E-state index in [0.29, 0.717) is 19.4 Å². The molecular formula is C17H24N2O4S. The maximum Gasteiger partial charge on any atom is 0.224 e. The number of sulfonamides is 1. The summed E-state index contributed by atoms with van der Waals surface area (Å²) in [6, 6.07) is 7.36. The first kappa shape index (κ1) is 17.4. The first-order valence-corrected chi connectivity index (χ1v) is 9.90. The summed E-state index contributed by atoms with van der Waals surface area (Å²) >= 11 is 0. The van der Waals surface area contributed by atoms with Crippen LogP contribution in [0.4, 0.5) is 0 Å². The van der Waals surface area contributed by atoms with Crippen molar-refractivity contribution in [1.29, 1.82) is 0 Å². The fraction of sp³-hybridized carbons (Fsp3) is 0.588. The molecule has 2 heterocycles. The molecule has 2 aliphatic rings. The molecular weight excluding hydrogens is 328 g/mol. The summed E-state index contributed by atoms with van der Waals surface area (Å²) in [5, 5.41) is 2.63. The highest BCUT2D eigenvalue weighted by molar-refractivity contribution is 7.88. The van der Waals surface area contributed by atoms with E-state index in [1.807, 2.05) is 31.2 Å². The smallest absolute Gasteiger partial charge is 0.224 e. The number of carbonyl (C=O) groups excluding carboxylic acids is 1. The summed E-state index contributed by atoms with van der Waals surface area (Å²) in [5.41, 5.74) is 1.86. The van der Waals surface area contributed by atoms with Gasteiger partial charge in [0.25, 0.3) is 0 Å². The number of benzene rings is 1. The number of ether oxygens (including phenoxy) is 1. The second-order valence-corrected chi connectivity index (χ2v) is 8.55. The lowest BCUT2D eigenvalue weighted by atomic mass is 9.91. The largest absolute Gasteiger partial charge is 0.376 e. The Bertz CT molecular complexity index is 702. The van der Waals surface area contributed by atoms with E-state index in [9.17, 15) is 13.2 Å². The highest BCUT2D eigenvalue weighted by atomic mass is 32.2. The summed E-state index contributed by atoms with van der Waals surface area (Å²) in [5.74, 6) is -0.529. The predicted octanol–water partition coefficient (Wildman–Crippen LogP) is 1.05. The maximum absolute atomic E-state index is 13.0. The Morgan fingerprint density at radius 1 is 1.33 bits per heavy atom. The van der Waals surface area contributed by atoms with Gasteiger partial charge in [0.1, 0.15) is 0 Å². The zero-order chi connectivity index (χ0) is 17.3. The number of hydrogen-bond donors (Lipinski definition) is 1. The van der Waals surface area contributed by atoms with Gasteiger partial charge in [-0.1, -0.05) is 29.8 Å². The van der Waals surface area contributed by atoms with Gasteiger partial charge in [0, 0.05) is 20.2 Å². The van der Waals surface area contributed by atoms with Crippen molar-refractivity contribution < 1.29 is 17.9 Å².